The van der Waals surface area contributed by atoms with Gasteiger partial charge in [-0.05, 0) is 27.2 Å². The Morgan fingerprint density at radius 1 is 1.45 bits per heavy atom. The van der Waals surface area contributed by atoms with Gasteiger partial charge < -0.3 is 19.5 Å². The lowest BCUT2D eigenvalue weighted by molar-refractivity contribution is -0.177. The van der Waals surface area contributed by atoms with E-state index < -0.39 is 0 Å². The van der Waals surface area contributed by atoms with Gasteiger partial charge in [0.05, 0.1) is 17.8 Å². The Kier molecular flexibility index (Phi) is 4.26. The third kappa shape index (κ3) is 2.60. The third-order valence-electron chi connectivity index (χ3n) is 5.50. The van der Waals surface area contributed by atoms with Crippen molar-refractivity contribution in [1.82, 2.24) is 15.4 Å². The van der Waals surface area contributed by atoms with Crippen molar-refractivity contribution in [3.8, 4) is 0 Å². The molecule has 1 N–H and O–H groups in total. The van der Waals surface area contributed by atoms with Gasteiger partial charge in [-0.15, -0.1) is 0 Å². The second-order valence-corrected chi connectivity index (χ2v) is 7.02. The zero-order valence-electron chi connectivity index (χ0n) is 14.6. The monoisotopic (exact) mass is 309 g/mol. The van der Waals surface area contributed by atoms with Gasteiger partial charge in [-0.25, -0.2) is 4.79 Å². The van der Waals surface area contributed by atoms with Crippen LogP contribution in [0.4, 0.5) is 4.79 Å². The summed E-state index contributed by atoms with van der Waals surface area (Å²) in [6, 6.07) is 0.0216. The smallest absolute Gasteiger partial charge is 0.317 e. The van der Waals surface area contributed by atoms with Crippen molar-refractivity contribution in [3.63, 3.8) is 0 Å². The predicted molar refractivity (Wildman–Crippen MR) is 83.6 cm³/mol. The summed E-state index contributed by atoms with van der Waals surface area (Å²) in [7, 11) is 3.51. The summed E-state index contributed by atoms with van der Waals surface area (Å²) in [5.41, 5.74) is 1.51. The normalized spacial score (nSPS) is 26.4. The highest BCUT2D eigenvalue weighted by atomic mass is 16.5. The number of nitrogens with one attached hydrogen (secondary N) is 1. The van der Waals surface area contributed by atoms with Crippen molar-refractivity contribution in [1.29, 1.82) is 0 Å². The lowest BCUT2D eigenvalue weighted by Gasteiger charge is -2.59. The number of hydrogen-bond acceptors (Lipinski definition) is 4. The number of amides is 2. The Morgan fingerprint density at radius 3 is 2.55 bits per heavy atom. The molecule has 2 atom stereocenters. The summed E-state index contributed by atoms with van der Waals surface area (Å²) in [4.78, 5) is 14.1. The second kappa shape index (κ2) is 5.57. The summed E-state index contributed by atoms with van der Waals surface area (Å²) < 4.78 is 10.7. The standard InChI is InChI=1S/C16H27N3O3/c1-10-12(11(2)22-18-10)9-19(6)14(20)17-13-8-16(5,21-7)15(13,3)4/h13H,8-9H2,1-7H3,(H,17,20)/t13-,16+/m0/s1. The van der Waals surface area contributed by atoms with E-state index >= 15 is 0 Å². The first kappa shape index (κ1) is 16.8. The molecular formula is C16H27N3O3. The van der Waals surface area contributed by atoms with Crippen LogP contribution < -0.4 is 5.32 Å². The van der Waals surface area contributed by atoms with Crippen molar-refractivity contribution in [3.05, 3.63) is 17.0 Å². The molecule has 1 aromatic rings. The van der Waals surface area contributed by atoms with Gasteiger partial charge in [-0.1, -0.05) is 19.0 Å². The van der Waals surface area contributed by atoms with Crippen LogP contribution in [0.2, 0.25) is 0 Å². The van der Waals surface area contributed by atoms with Gasteiger partial charge in [0.25, 0.3) is 0 Å². The molecule has 1 fully saturated rings. The number of carbonyl (C=O) groups is 1. The fourth-order valence-electron chi connectivity index (χ4n) is 3.02. The minimum absolute atomic E-state index is 0.0868. The van der Waals surface area contributed by atoms with E-state index in [1.165, 1.54) is 0 Å². The van der Waals surface area contributed by atoms with Crippen molar-refractivity contribution in [2.75, 3.05) is 14.2 Å². The number of carbonyl (C=O) groups excluding carboxylic acids is 1. The molecule has 22 heavy (non-hydrogen) atoms. The molecule has 0 spiro atoms. The van der Waals surface area contributed by atoms with E-state index in [1.807, 2.05) is 13.8 Å². The lowest BCUT2D eigenvalue weighted by Crippen LogP contribution is -2.69. The maximum Gasteiger partial charge on any atom is 0.317 e. The molecule has 0 saturated heterocycles. The highest BCUT2D eigenvalue weighted by Gasteiger charge is 2.58. The van der Waals surface area contributed by atoms with Crippen molar-refractivity contribution in [2.24, 2.45) is 5.41 Å². The molecule has 1 saturated carbocycles. The SMILES string of the molecule is CO[C@]1(C)C[C@H](NC(=O)N(C)Cc2c(C)noc2C)C1(C)C. The van der Waals surface area contributed by atoms with Gasteiger partial charge >= 0.3 is 6.03 Å². The van der Waals surface area contributed by atoms with Crippen LogP contribution in [0.3, 0.4) is 0 Å². The fraction of sp³-hybridized carbons (Fsp3) is 0.750. The fourth-order valence-corrected chi connectivity index (χ4v) is 3.02. The summed E-state index contributed by atoms with van der Waals surface area (Å²) in [5, 5.41) is 7.02. The van der Waals surface area contributed by atoms with Crippen LogP contribution in [0.25, 0.3) is 0 Å². The van der Waals surface area contributed by atoms with Gasteiger partial charge in [0, 0.05) is 31.2 Å². The molecule has 1 aliphatic rings. The van der Waals surface area contributed by atoms with Gasteiger partial charge in [0.15, 0.2) is 0 Å². The molecule has 0 radical (unpaired) electrons. The number of urea groups is 1. The Labute approximate surface area is 132 Å². The summed E-state index contributed by atoms with van der Waals surface area (Å²) in [6.07, 6.45) is 0.821. The van der Waals surface area contributed by atoms with E-state index in [0.717, 1.165) is 23.4 Å². The number of ether oxygens (including phenoxy) is 1. The van der Waals surface area contributed by atoms with Crippen LogP contribution in [-0.2, 0) is 11.3 Å². The molecule has 0 aliphatic heterocycles. The number of methoxy groups -OCH3 is 1. The van der Waals surface area contributed by atoms with Gasteiger partial charge in [0.2, 0.25) is 0 Å². The van der Waals surface area contributed by atoms with E-state index in [0.29, 0.717) is 6.54 Å². The first-order chi connectivity index (χ1) is 10.1. The number of aromatic nitrogens is 1. The summed E-state index contributed by atoms with van der Waals surface area (Å²) in [6.45, 7) is 10.6. The van der Waals surface area contributed by atoms with Gasteiger partial charge in [-0.3, -0.25) is 0 Å². The molecule has 1 aromatic heterocycles. The molecule has 2 amide bonds. The molecule has 0 unspecified atom stereocenters. The Balaban J connectivity index is 1.96. The van der Waals surface area contributed by atoms with Crippen LogP contribution in [0.5, 0.6) is 0 Å². The molecule has 1 heterocycles. The average Bonchev–Trinajstić information content (AvgIpc) is 2.78. The van der Waals surface area contributed by atoms with Crippen molar-refractivity contribution >= 4 is 6.03 Å². The van der Waals surface area contributed by atoms with Crippen molar-refractivity contribution < 1.29 is 14.1 Å². The molecular weight excluding hydrogens is 282 g/mol. The van der Waals surface area contributed by atoms with Crippen LogP contribution in [0.15, 0.2) is 4.52 Å². The quantitative estimate of drug-likeness (QED) is 0.928. The van der Waals surface area contributed by atoms with Gasteiger partial charge in [0.1, 0.15) is 5.76 Å². The average molecular weight is 309 g/mol. The Morgan fingerprint density at radius 2 is 2.09 bits per heavy atom. The Hall–Kier alpha value is -1.56. The van der Waals surface area contributed by atoms with Crippen LogP contribution in [0.1, 0.15) is 44.2 Å². The van der Waals surface area contributed by atoms with Crippen molar-refractivity contribution in [2.45, 2.75) is 59.2 Å². The van der Waals surface area contributed by atoms with E-state index in [-0.39, 0.29) is 23.1 Å². The summed E-state index contributed by atoms with van der Waals surface area (Å²) >= 11 is 0. The highest BCUT2D eigenvalue weighted by Crippen LogP contribution is 2.51. The molecule has 0 aromatic carbocycles. The molecule has 124 valence electrons. The number of aryl methyl sites for hydroxylation is 2. The highest BCUT2D eigenvalue weighted by molar-refractivity contribution is 5.74. The van der Waals surface area contributed by atoms with Gasteiger partial charge in [-0.2, -0.15) is 0 Å². The lowest BCUT2D eigenvalue weighted by atomic mass is 9.56. The second-order valence-electron chi connectivity index (χ2n) is 7.02. The minimum atomic E-state index is -0.189. The number of hydrogen-bond donors (Lipinski definition) is 1. The molecule has 6 heteroatoms. The first-order valence-corrected chi connectivity index (χ1v) is 7.61. The van der Waals surface area contributed by atoms with Crippen LogP contribution in [0, 0.1) is 19.3 Å². The molecule has 1 aliphatic carbocycles. The minimum Gasteiger partial charge on any atom is -0.378 e. The molecule has 0 bridgehead atoms. The molecule has 6 nitrogen and oxygen atoms in total. The Bertz CT molecular complexity index is 547. The number of nitrogens with zero attached hydrogens (tertiary/aromatic N) is 2. The third-order valence-corrected chi connectivity index (χ3v) is 5.50. The van der Waals surface area contributed by atoms with E-state index in [2.05, 4.69) is 31.2 Å². The zero-order valence-corrected chi connectivity index (χ0v) is 14.6. The molecule has 2 rings (SSSR count). The maximum absolute atomic E-state index is 12.4. The first-order valence-electron chi connectivity index (χ1n) is 7.61. The van der Waals surface area contributed by atoms with E-state index in [9.17, 15) is 4.79 Å². The topological polar surface area (TPSA) is 67.6 Å². The summed E-state index contributed by atoms with van der Waals surface area (Å²) in [5.74, 6) is 0.757. The van der Waals surface area contributed by atoms with Crippen LogP contribution >= 0.6 is 0 Å². The zero-order chi connectivity index (χ0) is 16.7. The van der Waals surface area contributed by atoms with Crippen LogP contribution in [-0.4, -0.2) is 41.9 Å². The van der Waals surface area contributed by atoms with E-state index in [1.54, 1.807) is 19.1 Å². The predicted octanol–water partition coefficient (Wildman–Crippen LogP) is 2.64. The number of rotatable bonds is 4. The van der Waals surface area contributed by atoms with E-state index in [4.69, 9.17) is 9.26 Å². The largest absolute Gasteiger partial charge is 0.378 e. The maximum atomic E-state index is 12.4.